The molecule has 1 atom stereocenters. The number of hydrogen-bond acceptors (Lipinski definition) is 3. The molecular weight excluding hydrogens is 322 g/mol. The van der Waals surface area contributed by atoms with Crippen LogP contribution in [0.5, 0.6) is 0 Å². The molecule has 1 saturated carbocycles. The van der Waals surface area contributed by atoms with Crippen molar-refractivity contribution in [1.82, 2.24) is 15.1 Å². The summed E-state index contributed by atoms with van der Waals surface area (Å²) < 4.78 is 0. The monoisotopic (exact) mass is 355 g/mol. The minimum Gasteiger partial charge on any atom is -0.348 e. The Kier molecular flexibility index (Phi) is 5.60. The average molecular weight is 356 g/mol. The number of hydrogen-bond donors (Lipinski definition) is 1. The first-order valence-corrected chi connectivity index (χ1v) is 10.6. The van der Waals surface area contributed by atoms with E-state index in [0.717, 1.165) is 25.7 Å². The number of rotatable bonds is 5. The van der Waals surface area contributed by atoms with Crippen molar-refractivity contribution < 1.29 is 4.79 Å². The highest BCUT2D eigenvalue weighted by Crippen LogP contribution is 2.27. The number of carbonyl (C=O) groups excluding carboxylic acids is 1. The van der Waals surface area contributed by atoms with Crippen LogP contribution in [0, 0.1) is 0 Å². The molecule has 26 heavy (non-hydrogen) atoms. The second kappa shape index (κ2) is 8.10. The maximum Gasteiger partial charge on any atom is 0.234 e. The molecule has 3 aliphatic rings. The van der Waals surface area contributed by atoms with E-state index in [2.05, 4.69) is 40.2 Å². The van der Waals surface area contributed by atoms with Crippen molar-refractivity contribution in [3.63, 3.8) is 0 Å². The van der Waals surface area contributed by atoms with Crippen molar-refractivity contribution in [1.29, 1.82) is 0 Å². The van der Waals surface area contributed by atoms with Gasteiger partial charge < -0.3 is 5.32 Å². The largest absolute Gasteiger partial charge is 0.348 e. The summed E-state index contributed by atoms with van der Waals surface area (Å²) >= 11 is 0. The molecule has 0 bridgehead atoms. The van der Waals surface area contributed by atoms with Gasteiger partial charge in [0.1, 0.15) is 0 Å². The van der Waals surface area contributed by atoms with Crippen molar-refractivity contribution >= 4 is 5.91 Å². The fraction of sp³-hybridized carbons (Fsp3) is 0.682. The number of carbonyl (C=O) groups is 1. The van der Waals surface area contributed by atoms with Crippen LogP contribution in [-0.2, 0) is 17.6 Å². The number of amides is 1. The van der Waals surface area contributed by atoms with Gasteiger partial charge in [0.25, 0.3) is 0 Å². The molecular formula is C22H33N3O. The molecule has 4 heteroatoms. The summed E-state index contributed by atoms with van der Waals surface area (Å²) in [6, 6.07) is 7.72. The van der Waals surface area contributed by atoms with Crippen LogP contribution in [0.3, 0.4) is 0 Å². The lowest BCUT2D eigenvalue weighted by atomic mass is 9.89. The lowest BCUT2D eigenvalue weighted by Gasteiger charge is -2.23. The van der Waals surface area contributed by atoms with E-state index >= 15 is 0 Å². The van der Waals surface area contributed by atoms with Crippen molar-refractivity contribution in [3.8, 4) is 0 Å². The molecule has 1 N–H and O–H groups in total. The van der Waals surface area contributed by atoms with Crippen LogP contribution in [0.4, 0.5) is 0 Å². The third-order valence-electron chi connectivity index (χ3n) is 6.30. The summed E-state index contributed by atoms with van der Waals surface area (Å²) in [6.45, 7) is 7.04. The van der Waals surface area contributed by atoms with Crippen molar-refractivity contribution in [2.24, 2.45) is 0 Å². The van der Waals surface area contributed by atoms with Gasteiger partial charge in [-0.3, -0.25) is 14.6 Å². The van der Waals surface area contributed by atoms with Crippen LogP contribution in [0.15, 0.2) is 18.2 Å². The van der Waals surface area contributed by atoms with Crippen molar-refractivity contribution in [2.45, 2.75) is 64.0 Å². The van der Waals surface area contributed by atoms with Gasteiger partial charge >= 0.3 is 0 Å². The average Bonchev–Trinajstić information content (AvgIpc) is 3.48. The fourth-order valence-corrected chi connectivity index (χ4v) is 4.55. The Balaban J connectivity index is 1.28. The van der Waals surface area contributed by atoms with E-state index in [-0.39, 0.29) is 11.9 Å². The Morgan fingerprint density at radius 1 is 1.08 bits per heavy atom. The lowest BCUT2D eigenvalue weighted by Crippen LogP contribution is -2.40. The van der Waals surface area contributed by atoms with Crippen LogP contribution >= 0.6 is 0 Å². The van der Waals surface area contributed by atoms with Crippen LogP contribution < -0.4 is 5.32 Å². The van der Waals surface area contributed by atoms with Gasteiger partial charge in [-0.25, -0.2) is 0 Å². The summed E-state index contributed by atoms with van der Waals surface area (Å²) in [5.74, 6) is 0.162. The van der Waals surface area contributed by atoms with Gasteiger partial charge in [0, 0.05) is 19.1 Å². The van der Waals surface area contributed by atoms with Gasteiger partial charge in [-0.15, -0.1) is 0 Å². The Morgan fingerprint density at radius 3 is 2.69 bits per heavy atom. The minimum atomic E-state index is 0.0877. The molecule has 4 nitrogen and oxygen atoms in total. The molecule has 4 rings (SSSR count). The normalized spacial score (nSPS) is 23.1. The highest BCUT2D eigenvalue weighted by atomic mass is 16.2. The summed E-state index contributed by atoms with van der Waals surface area (Å²) in [5.41, 5.74) is 4.24. The summed E-state index contributed by atoms with van der Waals surface area (Å²) in [6.07, 6.45) is 8.94. The van der Waals surface area contributed by atoms with E-state index in [1.165, 1.54) is 68.2 Å². The van der Waals surface area contributed by atoms with E-state index in [1.54, 1.807) is 0 Å². The molecule has 0 unspecified atom stereocenters. The van der Waals surface area contributed by atoms with Gasteiger partial charge in [-0.1, -0.05) is 18.2 Å². The Labute approximate surface area is 157 Å². The molecule has 2 fully saturated rings. The molecule has 0 spiro atoms. The van der Waals surface area contributed by atoms with Crippen LogP contribution in [0.25, 0.3) is 0 Å². The summed E-state index contributed by atoms with van der Waals surface area (Å²) in [5, 5.41) is 3.22. The van der Waals surface area contributed by atoms with E-state index in [9.17, 15) is 4.79 Å². The maximum atomic E-state index is 12.6. The van der Waals surface area contributed by atoms with Crippen LogP contribution in [0.1, 0.15) is 61.8 Å². The molecule has 0 radical (unpaired) electrons. The first kappa shape index (κ1) is 18.0. The molecule has 1 aromatic carbocycles. The fourth-order valence-electron chi connectivity index (χ4n) is 4.55. The first-order chi connectivity index (χ1) is 12.7. The number of aryl methyl sites for hydroxylation is 2. The van der Waals surface area contributed by atoms with E-state index in [4.69, 9.17) is 0 Å². The smallest absolute Gasteiger partial charge is 0.234 e. The zero-order chi connectivity index (χ0) is 17.9. The van der Waals surface area contributed by atoms with Crippen LogP contribution in [0.2, 0.25) is 0 Å². The lowest BCUT2D eigenvalue weighted by molar-refractivity contribution is -0.122. The molecule has 1 aliphatic heterocycles. The number of nitrogens with zero attached hydrogens (tertiary/aromatic N) is 2. The topological polar surface area (TPSA) is 35.6 Å². The van der Waals surface area contributed by atoms with Crippen molar-refractivity contribution in [2.75, 3.05) is 32.7 Å². The second-order valence-electron chi connectivity index (χ2n) is 8.42. The highest BCUT2D eigenvalue weighted by Gasteiger charge is 2.30. The Morgan fingerprint density at radius 2 is 1.88 bits per heavy atom. The Bertz CT molecular complexity index is 640. The zero-order valence-electron chi connectivity index (χ0n) is 16.2. The van der Waals surface area contributed by atoms with Gasteiger partial charge in [0.05, 0.1) is 12.6 Å². The zero-order valence-corrected chi connectivity index (χ0v) is 16.2. The predicted molar refractivity (Wildman–Crippen MR) is 105 cm³/mol. The third kappa shape index (κ3) is 4.47. The van der Waals surface area contributed by atoms with E-state index in [1.807, 2.05) is 0 Å². The van der Waals surface area contributed by atoms with E-state index in [0.29, 0.717) is 6.54 Å². The van der Waals surface area contributed by atoms with Gasteiger partial charge in [0.2, 0.25) is 5.91 Å². The molecule has 142 valence electrons. The quantitative estimate of drug-likeness (QED) is 0.882. The SMILES string of the molecule is C[C@H](NC(=O)CN1CCCN(C2CC2)CC1)c1ccc2c(c1)CCCC2. The predicted octanol–water partition coefficient (Wildman–Crippen LogP) is 2.91. The van der Waals surface area contributed by atoms with Gasteiger partial charge in [0.15, 0.2) is 0 Å². The summed E-state index contributed by atoms with van der Waals surface area (Å²) in [7, 11) is 0. The van der Waals surface area contributed by atoms with Gasteiger partial charge in [-0.2, -0.15) is 0 Å². The van der Waals surface area contributed by atoms with Gasteiger partial charge in [-0.05, 0) is 81.6 Å². The standard InChI is InChI=1S/C22H33N3O/c1-17(19-8-7-18-5-2-3-6-20(18)15-19)23-22(26)16-24-11-4-12-25(14-13-24)21-9-10-21/h7-8,15,17,21H,2-6,9-14,16H2,1H3,(H,23,26)/t17-/m0/s1. The molecule has 2 aliphatic carbocycles. The second-order valence-corrected chi connectivity index (χ2v) is 8.42. The molecule has 1 saturated heterocycles. The summed E-state index contributed by atoms with van der Waals surface area (Å²) in [4.78, 5) is 17.5. The first-order valence-electron chi connectivity index (χ1n) is 10.6. The molecule has 1 heterocycles. The third-order valence-corrected chi connectivity index (χ3v) is 6.30. The molecule has 1 amide bonds. The maximum absolute atomic E-state index is 12.6. The number of fused-ring (bicyclic) bond motifs is 1. The molecule has 1 aromatic rings. The Hall–Kier alpha value is -1.39. The van der Waals surface area contributed by atoms with E-state index < -0.39 is 0 Å². The van der Waals surface area contributed by atoms with Crippen LogP contribution in [-0.4, -0.2) is 54.5 Å². The van der Waals surface area contributed by atoms with Crippen molar-refractivity contribution in [3.05, 3.63) is 34.9 Å². The number of nitrogens with one attached hydrogen (secondary N) is 1. The minimum absolute atomic E-state index is 0.0877. The molecule has 0 aromatic heterocycles. The number of benzene rings is 1. The highest BCUT2D eigenvalue weighted by molar-refractivity contribution is 5.78.